The molecule has 0 spiro atoms. The summed E-state index contributed by atoms with van der Waals surface area (Å²) in [6.45, 7) is 2.11. The van der Waals surface area contributed by atoms with Crippen LogP contribution in [0.3, 0.4) is 0 Å². The highest BCUT2D eigenvalue weighted by Crippen LogP contribution is 2.34. The number of nitrogens with one attached hydrogen (secondary N) is 1. The van der Waals surface area contributed by atoms with E-state index in [4.69, 9.17) is 4.98 Å². The largest absolute Gasteiger partial charge is 0.348 e. The fourth-order valence-corrected chi connectivity index (χ4v) is 6.88. The number of pyridine rings is 2. The number of nitrogens with zero attached hydrogens (tertiary/aromatic N) is 5. The van der Waals surface area contributed by atoms with E-state index < -0.39 is 10.0 Å². The zero-order valence-electron chi connectivity index (χ0n) is 20.6. The third-order valence-corrected chi connectivity index (χ3v) is 9.26. The molecule has 1 aliphatic heterocycles. The summed E-state index contributed by atoms with van der Waals surface area (Å²) in [6, 6.07) is 15.6. The summed E-state index contributed by atoms with van der Waals surface area (Å²) in [7, 11) is -3.60. The molecule has 0 fully saturated rings. The minimum absolute atomic E-state index is 0.180. The van der Waals surface area contributed by atoms with E-state index in [0.717, 1.165) is 47.6 Å². The van der Waals surface area contributed by atoms with Gasteiger partial charge >= 0.3 is 0 Å². The van der Waals surface area contributed by atoms with Crippen LogP contribution in [0.1, 0.15) is 52.8 Å². The summed E-state index contributed by atoms with van der Waals surface area (Å²) in [5, 5.41) is 0. The summed E-state index contributed by atoms with van der Waals surface area (Å²) in [6.07, 6.45) is 11.1. The van der Waals surface area contributed by atoms with Gasteiger partial charge in [0.1, 0.15) is 5.82 Å². The number of aromatic amines is 1. The molecule has 37 heavy (non-hydrogen) atoms. The quantitative estimate of drug-likeness (QED) is 0.400. The van der Waals surface area contributed by atoms with E-state index >= 15 is 0 Å². The summed E-state index contributed by atoms with van der Waals surface area (Å²) in [5.41, 5.74) is 5.46. The molecule has 0 radical (unpaired) electrons. The number of aryl methyl sites for hydroxylation is 1. The summed E-state index contributed by atoms with van der Waals surface area (Å²) in [5.74, 6) is 0.904. The second-order valence-electron chi connectivity index (χ2n) is 9.74. The van der Waals surface area contributed by atoms with Crippen molar-refractivity contribution in [3.8, 4) is 0 Å². The Morgan fingerprint density at radius 3 is 2.54 bits per heavy atom. The smallest absolute Gasteiger partial charge is 0.243 e. The third-order valence-electron chi connectivity index (χ3n) is 7.40. The van der Waals surface area contributed by atoms with Crippen molar-refractivity contribution >= 4 is 10.0 Å². The van der Waals surface area contributed by atoms with Crippen LogP contribution in [0.15, 0.2) is 78.2 Å². The average molecular weight is 515 g/mol. The highest BCUT2D eigenvalue weighted by Gasteiger charge is 2.30. The standard InChI is InChI=1S/C28H30N6O2S/c35-37(36,34-17-12-22-5-2-13-29-25(22)19-34)24-10-8-21(9-11-24)18-33(20-27-30-15-16-31-27)26-7-1-4-23-6-3-14-32-28(23)26/h2-3,5-6,8-11,13-16,26H,1,4,7,12,17-20H2,(H,30,31). The number of fused-ring (bicyclic) bond motifs is 2. The van der Waals surface area contributed by atoms with E-state index in [-0.39, 0.29) is 6.04 Å². The Balaban J connectivity index is 1.23. The van der Waals surface area contributed by atoms with Gasteiger partial charge in [-0.25, -0.2) is 13.4 Å². The zero-order valence-corrected chi connectivity index (χ0v) is 21.4. The van der Waals surface area contributed by atoms with Gasteiger partial charge in [-0.15, -0.1) is 0 Å². The lowest BCUT2D eigenvalue weighted by Gasteiger charge is -2.34. The minimum Gasteiger partial charge on any atom is -0.348 e. The van der Waals surface area contributed by atoms with Crippen molar-refractivity contribution in [3.63, 3.8) is 0 Å². The molecule has 1 atom stereocenters. The highest BCUT2D eigenvalue weighted by atomic mass is 32.2. The van der Waals surface area contributed by atoms with Crippen LogP contribution in [0.2, 0.25) is 0 Å². The molecule has 2 aliphatic rings. The van der Waals surface area contributed by atoms with Crippen LogP contribution in [0.5, 0.6) is 0 Å². The molecule has 0 saturated carbocycles. The molecule has 6 rings (SSSR count). The molecule has 4 heterocycles. The first-order valence-electron chi connectivity index (χ1n) is 12.8. The molecular weight excluding hydrogens is 484 g/mol. The molecule has 190 valence electrons. The molecule has 4 aromatic rings. The Kier molecular flexibility index (Phi) is 6.58. The van der Waals surface area contributed by atoms with Gasteiger partial charge in [0.25, 0.3) is 0 Å². The molecule has 0 bridgehead atoms. The molecule has 1 aromatic carbocycles. The van der Waals surface area contributed by atoms with Crippen molar-refractivity contribution in [3.05, 3.63) is 107 Å². The van der Waals surface area contributed by atoms with Crippen LogP contribution in [0.25, 0.3) is 0 Å². The number of aromatic nitrogens is 4. The highest BCUT2D eigenvalue weighted by molar-refractivity contribution is 7.89. The predicted molar refractivity (Wildman–Crippen MR) is 140 cm³/mol. The maximum Gasteiger partial charge on any atom is 0.243 e. The maximum absolute atomic E-state index is 13.4. The second-order valence-corrected chi connectivity index (χ2v) is 11.7. The van der Waals surface area contributed by atoms with Gasteiger partial charge in [0.05, 0.1) is 35.4 Å². The van der Waals surface area contributed by atoms with Gasteiger partial charge in [-0.1, -0.05) is 24.3 Å². The molecule has 1 unspecified atom stereocenters. The van der Waals surface area contributed by atoms with Crippen LogP contribution >= 0.6 is 0 Å². The topological polar surface area (TPSA) is 95.1 Å². The van der Waals surface area contributed by atoms with E-state index in [0.29, 0.717) is 37.5 Å². The number of benzene rings is 1. The fourth-order valence-electron chi connectivity index (χ4n) is 5.48. The van der Waals surface area contributed by atoms with Crippen molar-refractivity contribution in [2.45, 2.75) is 56.3 Å². The molecule has 0 amide bonds. The Hall–Kier alpha value is -3.40. The minimum atomic E-state index is -3.60. The van der Waals surface area contributed by atoms with Crippen LogP contribution in [-0.4, -0.2) is 44.1 Å². The van der Waals surface area contributed by atoms with E-state index in [1.807, 2.05) is 42.7 Å². The summed E-state index contributed by atoms with van der Waals surface area (Å²) < 4.78 is 28.3. The molecule has 8 nitrogen and oxygen atoms in total. The summed E-state index contributed by atoms with van der Waals surface area (Å²) in [4.78, 5) is 19.5. The van der Waals surface area contributed by atoms with Gasteiger partial charge in [0, 0.05) is 37.9 Å². The zero-order chi connectivity index (χ0) is 25.2. The van der Waals surface area contributed by atoms with Crippen LogP contribution in [-0.2, 0) is 42.5 Å². The van der Waals surface area contributed by atoms with Gasteiger partial charge in [-0.3, -0.25) is 14.9 Å². The number of H-pyrrole nitrogens is 1. The summed E-state index contributed by atoms with van der Waals surface area (Å²) >= 11 is 0. The van der Waals surface area contributed by atoms with Crippen molar-refractivity contribution < 1.29 is 8.42 Å². The number of sulfonamides is 1. The molecule has 1 N–H and O–H groups in total. The van der Waals surface area contributed by atoms with Gasteiger partial charge in [0.2, 0.25) is 10.0 Å². The Labute approximate surface area is 217 Å². The molecule has 9 heteroatoms. The Morgan fingerprint density at radius 2 is 1.73 bits per heavy atom. The van der Waals surface area contributed by atoms with E-state index in [1.165, 1.54) is 9.87 Å². The maximum atomic E-state index is 13.4. The van der Waals surface area contributed by atoms with Crippen molar-refractivity contribution in [1.29, 1.82) is 0 Å². The van der Waals surface area contributed by atoms with Gasteiger partial charge in [0.15, 0.2) is 0 Å². The number of imidazole rings is 1. The Bertz CT molecular complexity index is 1470. The van der Waals surface area contributed by atoms with Crippen molar-refractivity contribution in [2.75, 3.05) is 6.54 Å². The Morgan fingerprint density at radius 1 is 0.919 bits per heavy atom. The first-order valence-corrected chi connectivity index (χ1v) is 14.2. The monoisotopic (exact) mass is 514 g/mol. The first-order chi connectivity index (χ1) is 18.1. The lowest BCUT2D eigenvalue weighted by atomic mass is 9.90. The van der Waals surface area contributed by atoms with Crippen LogP contribution in [0.4, 0.5) is 0 Å². The number of rotatable bonds is 7. The van der Waals surface area contributed by atoms with Gasteiger partial charge < -0.3 is 4.98 Å². The number of hydrogen-bond donors (Lipinski definition) is 1. The van der Waals surface area contributed by atoms with Crippen LogP contribution in [0, 0.1) is 0 Å². The van der Waals surface area contributed by atoms with Gasteiger partial charge in [-0.2, -0.15) is 4.31 Å². The lowest BCUT2D eigenvalue weighted by Crippen LogP contribution is -2.36. The molecule has 3 aromatic heterocycles. The molecule has 1 aliphatic carbocycles. The number of hydrogen-bond acceptors (Lipinski definition) is 6. The van der Waals surface area contributed by atoms with Crippen molar-refractivity contribution in [2.24, 2.45) is 0 Å². The van der Waals surface area contributed by atoms with Gasteiger partial charge in [-0.05, 0) is 66.6 Å². The average Bonchev–Trinajstić information content (AvgIpc) is 3.45. The normalized spacial score (nSPS) is 17.9. The van der Waals surface area contributed by atoms with Crippen LogP contribution < -0.4 is 0 Å². The fraction of sp³-hybridized carbons (Fsp3) is 0.321. The first kappa shape index (κ1) is 24.0. The lowest BCUT2D eigenvalue weighted by molar-refractivity contribution is 0.153. The second kappa shape index (κ2) is 10.2. The van der Waals surface area contributed by atoms with E-state index in [1.54, 1.807) is 24.5 Å². The van der Waals surface area contributed by atoms with Crippen molar-refractivity contribution in [1.82, 2.24) is 29.1 Å². The molecular formula is C28H30N6O2S. The molecule has 0 saturated heterocycles. The third kappa shape index (κ3) is 4.94. The predicted octanol–water partition coefficient (Wildman–Crippen LogP) is 4.03. The van der Waals surface area contributed by atoms with E-state index in [9.17, 15) is 8.42 Å². The van der Waals surface area contributed by atoms with E-state index in [2.05, 4.69) is 25.9 Å². The SMILES string of the molecule is O=S(=O)(c1ccc(CN(Cc2ncc[nH]2)C2CCCc3cccnc32)cc1)N1CCc2cccnc2C1.